The predicted octanol–water partition coefficient (Wildman–Crippen LogP) is 10.2. The van der Waals surface area contributed by atoms with Gasteiger partial charge in [0.2, 0.25) is 0 Å². The van der Waals surface area contributed by atoms with Gasteiger partial charge in [0, 0.05) is 4.90 Å². The van der Waals surface area contributed by atoms with Crippen LogP contribution in [-0.4, -0.2) is 13.0 Å². The van der Waals surface area contributed by atoms with Gasteiger partial charge in [-0.25, -0.2) is 0 Å². The molecule has 0 atom stereocenters. The van der Waals surface area contributed by atoms with Crippen LogP contribution in [0.25, 0.3) is 0 Å². The van der Waals surface area contributed by atoms with E-state index >= 15 is 0 Å². The molecule has 0 saturated carbocycles. The number of rotatable bonds is 7. The SMILES string of the molecule is Cc1ccc(Cc2c(C)cc(S(=O)(=O)O)cc2C)cc1C(C)C.Cc1ccc(Cc2c(C)cc(S)cc2C)cc1C(C)C. The van der Waals surface area contributed by atoms with Gasteiger partial charge < -0.3 is 0 Å². The number of aryl methyl sites for hydroxylation is 6. The normalized spacial score (nSPS) is 11.6. The molecular weight excluding hydrogens is 569 g/mol. The molecule has 0 aromatic heterocycles. The summed E-state index contributed by atoms with van der Waals surface area (Å²) in [5.74, 6) is 1.05. The second kappa shape index (κ2) is 14.3. The highest BCUT2D eigenvalue weighted by Crippen LogP contribution is 2.27. The fourth-order valence-electron chi connectivity index (χ4n) is 5.88. The maximum Gasteiger partial charge on any atom is 0.294 e. The zero-order valence-corrected chi connectivity index (χ0v) is 29.2. The van der Waals surface area contributed by atoms with E-state index in [-0.39, 0.29) is 4.90 Å². The van der Waals surface area contributed by atoms with Crippen LogP contribution in [0, 0.1) is 41.5 Å². The summed E-state index contributed by atoms with van der Waals surface area (Å²) in [5.41, 5.74) is 15.1. The van der Waals surface area contributed by atoms with Crippen molar-refractivity contribution in [1.29, 1.82) is 0 Å². The minimum atomic E-state index is -4.16. The van der Waals surface area contributed by atoms with Crippen LogP contribution < -0.4 is 0 Å². The molecule has 0 aliphatic carbocycles. The monoisotopic (exact) mass is 616 g/mol. The lowest BCUT2D eigenvalue weighted by molar-refractivity contribution is 0.483. The zero-order valence-electron chi connectivity index (χ0n) is 27.5. The summed E-state index contributed by atoms with van der Waals surface area (Å²) in [4.78, 5) is 1.01. The van der Waals surface area contributed by atoms with Gasteiger partial charge in [0.15, 0.2) is 0 Å². The van der Waals surface area contributed by atoms with Crippen molar-refractivity contribution in [2.75, 3.05) is 0 Å². The highest BCUT2D eigenvalue weighted by Gasteiger charge is 2.15. The Balaban J connectivity index is 0.000000238. The van der Waals surface area contributed by atoms with Crippen LogP contribution in [0.2, 0.25) is 0 Å². The molecule has 0 saturated heterocycles. The first-order valence-electron chi connectivity index (χ1n) is 15.0. The Morgan fingerprint density at radius 3 is 1.26 bits per heavy atom. The van der Waals surface area contributed by atoms with Crippen LogP contribution in [0.5, 0.6) is 0 Å². The molecule has 3 nitrogen and oxygen atoms in total. The van der Waals surface area contributed by atoms with Crippen LogP contribution >= 0.6 is 12.6 Å². The van der Waals surface area contributed by atoms with Crippen LogP contribution in [-0.2, 0) is 23.0 Å². The molecule has 0 unspecified atom stereocenters. The Hall–Kier alpha value is -2.86. The maximum atomic E-state index is 11.3. The summed E-state index contributed by atoms with van der Waals surface area (Å²) in [5, 5.41) is 0. The Labute approximate surface area is 266 Å². The molecule has 230 valence electrons. The van der Waals surface area contributed by atoms with Gasteiger partial charge in [-0.2, -0.15) is 8.42 Å². The van der Waals surface area contributed by atoms with E-state index in [0.717, 1.165) is 34.4 Å². The molecule has 0 heterocycles. The number of hydrogen-bond donors (Lipinski definition) is 2. The van der Waals surface area contributed by atoms with E-state index in [1.165, 1.54) is 62.2 Å². The van der Waals surface area contributed by atoms with E-state index in [2.05, 4.69) is 117 Å². The largest absolute Gasteiger partial charge is 0.294 e. The lowest BCUT2D eigenvalue weighted by Gasteiger charge is -2.15. The molecule has 0 radical (unpaired) electrons. The number of thiol groups is 1. The predicted molar refractivity (Wildman–Crippen MR) is 185 cm³/mol. The molecule has 4 aromatic carbocycles. The van der Waals surface area contributed by atoms with E-state index in [1.807, 2.05) is 13.8 Å². The average molecular weight is 617 g/mol. The Morgan fingerprint density at radius 1 is 0.581 bits per heavy atom. The van der Waals surface area contributed by atoms with Gasteiger partial charge in [-0.15, -0.1) is 12.6 Å². The molecule has 0 amide bonds. The molecule has 0 aliphatic rings. The molecule has 1 N–H and O–H groups in total. The highest BCUT2D eigenvalue weighted by molar-refractivity contribution is 7.85. The quantitative estimate of drug-likeness (QED) is 0.160. The zero-order chi connectivity index (χ0) is 32.2. The number of benzene rings is 4. The molecule has 43 heavy (non-hydrogen) atoms. The van der Waals surface area contributed by atoms with Crippen molar-refractivity contribution in [1.82, 2.24) is 0 Å². The Morgan fingerprint density at radius 2 is 0.930 bits per heavy atom. The van der Waals surface area contributed by atoms with Gasteiger partial charge in [0.1, 0.15) is 0 Å². The van der Waals surface area contributed by atoms with Gasteiger partial charge in [0.25, 0.3) is 10.1 Å². The summed E-state index contributed by atoms with van der Waals surface area (Å²) in [7, 11) is -4.16. The van der Waals surface area contributed by atoms with E-state index in [9.17, 15) is 13.0 Å². The summed E-state index contributed by atoms with van der Waals surface area (Å²) in [6.07, 6.45) is 1.76. The van der Waals surface area contributed by atoms with Crippen molar-refractivity contribution in [3.05, 3.63) is 127 Å². The molecule has 4 aromatic rings. The molecular formula is C38H48O3S2. The molecule has 0 bridgehead atoms. The van der Waals surface area contributed by atoms with Gasteiger partial charge in [-0.1, -0.05) is 64.1 Å². The minimum absolute atomic E-state index is 0.0389. The summed E-state index contributed by atoms with van der Waals surface area (Å²) in [6.45, 7) is 21.3. The Bertz CT molecular complexity index is 1670. The molecule has 0 spiro atoms. The van der Waals surface area contributed by atoms with Gasteiger partial charge in [-0.05, 0) is 157 Å². The minimum Gasteiger partial charge on any atom is -0.282 e. The fraction of sp³-hybridized carbons (Fsp3) is 0.368. The second-order valence-corrected chi connectivity index (χ2v) is 14.6. The summed E-state index contributed by atoms with van der Waals surface area (Å²) < 4.78 is 31.9. The van der Waals surface area contributed by atoms with Crippen molar-refractivity contribution in [2.24, 2.45) is 0 Å². The first kappa shape index (κ1) is 34.6. The third-order valence-corrected chi connectivity index (χ3v) is 9.43. The van der Waals surface area contributed by atoms with Crippen molar-refractivity contribution >= 4 is 22.7 Å². The van der Waals surface area contributed by atoms with Crippen molar-refractivity contribution in [3.63, 3.8) is 0 Å². The van der Waals surface area contributed by atoms with Crippen molar-refractivity contribution in [2.45, 2.75) is 104 Å². The first-order chi connectivity index (χ1) is 20.0. The topological polar surface area (TPSA) is 54.4 Å². The van der Waals surface area contributed by atoms with Crippen molar-refractivity contribution < 1.29 is 13.0 Å². The molecule has 0 aliphatic heterocycles. The Kier molecular flexibility index (Phi) is 11.5. The fourth-order valence-corrected chi connectivity index (χ4v) is 6.92. The maximum absolute atomic E-state index is 11.3. The lowest BCUT2D eigenvalue weighted by Crippen LogP contribution is -2.03. The summed E-state index contributed by atoms with van der Waals surface area (Å²) in [6, 6.07) is 20.8. The molecule has 0 fully saturated rings. The smallest absolute Gasteiger partial charge is 0.282 e. The van der Waals surface area contributed by atoms with Crippen LogP contribution in [0.15, 0.2) is 70.5 Å². The standard InChI is InChI=1S/C19H24O3S.C19H24S/c1-12(2)18-10-16(7-6-13(18)3)11-19-14(4)8-17(9-15(19)5)23(20,21)22;1-12(2)18-10-16(7-6-13(18)3)11-19-14(4)8-17(20)9-15(19)5/h6-10,12H,11H2,1-5H3,(H,20,21,22);6-10,12,20H,11H2,1-5H3. The van der Waals surface area contributed by atoms with Gasteiger partial charge in [0.05, 0.1) is 4.90 Å². The van der Waals surface area contributed by atoms with E-state index < -0.39 is 10.1 Å². The third-order valence-electron chi connectivity index (χ3n) is 8.34. The lowest BCUT2D eigenvalue weighted by atomic mass is 9.91. The van der Waals surface area contributed by atoms with E-state index in [0.29, 0.717) is 11.8 Å². The van der Waals surface area contributed by atoms with Crippen LogP contribution in [0.1, 0.15) is 106 Å². The van der Waals surface area contributed by atoms with E-state index in [1.54, 1.807) is 0 Å². The van der Waals surface area contributed by atoms with Crippen LogP contribution in [0.4, 0.5) is 0 Å². The highest BCUT2D eigenvalue weighted by atomic mass is 32.2. The van der Waals surface area contributed by atoms with Gasteiger partial charge in [-0.3, -0.25) is 4.55 Å². The second-order valence-electron chi connectivity index (χ2n) is 12.6. The van der Waals surface area contributed by atoms with Crippen LogP contribution in [0.3, 0.4) is 0 Å². The molecule has 5 heteroatoms. The first-order valence-corrected chi connectivity index (χ1v) is 16.9. The summed E-state index contributed by atoms with van der Waals surface area (Å²) >= 11 is 4.45. The average Bonchev–Trinajstić information content (AvgIpc) is 2.89. The van der Waals surface area contributed by atoms with E-state index in [4.69, 9.17) is 0 Å². The van der Waals surface area contributed by atoms with Crippen molar-refractivity contribution in [3.8, 4) is 0 Å². The third kappa shape index (κ3) is 9.07. The van der Waals surface area contributed by atoms with Gasteiger partial charge >= 0.3 is 0 Å². The number of hydrogen-bond acceptors (Lipinski definition) is 3. The molecule has 4 rings (SSSR count).